The Morgan fingerprint density at radius 1 is 0.913 bits per heavy atom. The van der Waals surface area contributed by atoms with E-state index >= 15 is 0 Å². The first-order valence-electron chi connectivity index (χ1n) is 7.73. The lowest BCUT2D eigenvalue weighted by molar-refractivity contribution is 0.104. The molecule has 0 fully saturated rings. The summed E-state index contributed by atoms with van der Waals surface area (Å²) in [6.07, 6.45) is 0. The standard InChI is InChI=1S/C20H17NO2/c1-21(9-10-22)14-11-13-5-4-8-17-19(13)18(12-14)15-6-2-3-7-16(15)20(17)23/h2-8,11-12,22H,9-10H2,1H3. The average Bonchev–Trinajstić information content (AvgIpc) is 2.59. The molecule has 0 aromatic heterocycles. The minimum Gasteiger partial charge on any atom is -0.395 e. The van der Waals surface area contributed by atoms with E-state index in [1.54, 1.807) is 0 Å². The van der Waals surface area contributed by atoms with Crippen molar-refractivity contribution in [2.24, 2.45) is 0 Å². The number of benzene rings is 3. The van der Waals surface area contributed by atoms with Gasteiger partial charge in [0, 0.05) is 35.8 Å². The molecule has 1 aliphatic rings. The molecule has 0 saturated carbocycles. The van der Waals surface area contributed by atoms with Gasteiger partial charge in [-0.15, -0.1) is 0 Å². The van der Waals surface area contributed by atoms with Gasteiger partial charge in [-0.3, -0.25) is 4.79 Å². The van der Waals surface area contributed by atoms with Crippen molar-refractivity contribution in [3.63, 3.8) is 0 Å². The maximum Gasteiger partial charge on any atom is 0.194 e. The smallest absolute Gasteiger partial charge is 0.194 e. The molecule has 0 amide bonds. The molecule has 0 saturated heterocycles. The summed E-state index contributed by atoms with van der Waals surface area (Å²) in [7, 11) is 1.97. The number of carbonyl (C=O) groups is 1. The van der Waals surface area contributed by atoms with Crippen LogP contribution in [-0.2, 0) is 0 Å². The van der Waals surface area contributed by atoms with Crippen molar-refractivity contribution in [2.75, 3.05) is 25.1 Å². The molecule has 3 aromatic rings. The number of nitrogens with zero attached hydrogens (tertiary/aromatic N) is 1. The number of aliphatic hydroxyl groups excluding tert-OH is 1. The molecule has 4 rings (SSSR count). The van der Waals surface area contributed by atoms with Crippen LogP contribution in [0.4, 0.5) is 5.69 Å². The number of carbonyl (C=O) groups excluding carboxylic acids is 1. The molecule has 23 heavy (non-hydrogen) atoms. The second-order valence-electron chi connectivity index (χ2n) is 5.92. The van der Waals surface area contributed by atoms with E-state index in [1.165, 1.54) is 0 Å². The van der Waals surface area contributed by atoms with E-state index in [1.807, 2.05) is 54.4 Å². The first kappa shape index (κ1) is 14.0. The van der Waals surface area contributed by atoms with Gasteiger partial charge in [-0.1, -0.05) is 42.5 Å². The van der Waals surface area contributed by atoms with Gasteiger partial charge in [-0.2, -0.15) is 0 Å². The van der Waals surface area contributed by atoms with E-state index in [-0.39, 0.29) is 12.4 Å². The Kier molecular flexibility index (Phi) is 3.17. The van der Waals surface area contributed by atoms with Gasteiger partial charge < -0.3 is 10.0 Å². The zero-order valence-electron chi connectivity index (χ0n) is 12.9. The number of aliphatic hydroxyl groups is 1. The van der Waals surface area contributed by atoms with Crippen molar-refractivity contribution >= 4 is 22.2 Å². The summed E-state index contributed by atoms with van der Waals surface area (Å²) in [5.74, 6) is 0.0927. The first-order chi connectivity index (χ1) is 11.2. The zero-order valence-corrected chi connectivity index (χ0v) is 12.9. The molecule has 0 bridgehead atoms. The van der Waals surface area contributed by atoms with Crippen LogP contribution >= 0.6 is 0 Å². The van der Waals surface area contributed by atoms with E-state index in [9.17, 15) is 9.90 Å². The van der Waals surface area contributed by atoms with E-state index < -0.39 is 0 Å². The maximum atomic E-state index is 12.8. The van der Waals surface area contributed by atoms with Crippen molar-refractivity contribution in [2.45, 2.75) is 0 Å². The maximum absolute atomic E-state index is 12.8. The van der Waals surface area contributed by atoms with Crippen molar-refractivity contribution in [1.29, 1.82) is 0 Å². The predicted octanol–water partition coefficient (Wildman–Crippen LogP) is 3.48. The summed E-state index contributed by atoms with van der Waals surface area (Å²) in [5, 5.41) is 11.3. The fourth-order valence-corrected chi connectivity index (χ4v) is 3.37. The molecule has 1 N–H and O–H groups in total. The highest BCUT2D eigenvalue weighted by Gasteiger charge is 2.25. The number of fused-ring (bicyclic) bond motifs is 2. The lowest BCUT2D eigenvalue weighted by atomic mass is 9.82. The van der Waals surface area contributed by atoms with Crippen molar-refractivity contribution < 1.29 is 9.90 Å². The monoisotopic (exact) mass is 303 g/mol. The van der Waals surface area contributed by atoms with Gasteiger partial charge in [-0.05, 0) is 28.6 Å². The number of anilines is 1. The van der Waals surface area contributed by atoms with Crippen molar-refractivity contribution in [3.8, 4) is 11.1 Å². The quantitative estimate of drug-likeness (QED) is 0.630. The zero-order chi connectivity index (χ0) is 16.0. The summed E-state index contributed by atoms with van der Waals surface area (Å²) < 4.78 is 0. The molecule has 0 aliphatic heterocycles. The lowest BCUT2D eigenvalue weighted by Crippen LogP contribution is -2.21. The molecule has 0 unspecified atom stereocenters. The van der Waals surface area contributed by atoms with Crippen LogP contribution in [0.2, 0.25) is 0 Å². The van der Waals surface area contributed by atoms with Gasteiger partial charge in [0.25, 0.3) is 0 Å². The number of ketones is 1. The molecule has 0 heterocycles. The molecule has 3 nitrogen and oxygen atoms in total. The van der Waals surface area contributed by atoms with Gasteiger partial charge in [0.05, 0.1) is 6.61 Å². The van der Waals surface area contributed by atoms with Crippen LogP contribution in [0.25, 0.3) is 21.9 Å². The normalized spacial score (nSPS) is 12.3. The Labute approximate surface area is 134 Å². The Morgan fingerprint density at radius 2 is 1.65 bits per heavy atom. The Bertz CT molecular complexity index is 930. The van der Waals surface area contributed by atoms with E-state index in [4.69, 9.17) is 0 Å². The molecule has 0 atom stereocenters. The average molecular weight is 303 g/mol. The van der Waals surface area contributed by atoms with Gasteiger partial charge in [0.15, 0.2) is 5.78 Å². The predicted molar refractivity (Wildman–Crippen MR) is 93.2 cm³/mol. The van der Waals surface area contributed by atoms with Crippen LogP contribution < -0.4 is 4.90 Å². The van der Waals surface area contributed by atoms with Crippen LogP contribution in [-0.4, -0.2) is 31.1 Å². The summed E-state index contributed by atoms with van der Waals surface area (Å²) in [4.78, 5) is 14.8. The van der Waals surface area contributed by atoms with Crippen LogP contribution in [0.15, 0.2) is 54.6 Å². The second-order valence-corrected chi connectivity index (χ2v) is 5.92. The highest BCUT2D eigenvalue weighted by molar-refractivity contribution is 6.26. The highest BCUT2D eigenvalue weighted by Crippen LogP contribution is 2.41. The molecule has 3 heteroatoms. The molecular weight excluding hydrogens is 286 g/mol. The third kappa shape index (κ3) is 2.05. The van der Waals surface area contributed by atoms with Crippen LogP contribution in [0.3, 0.4) is 0 Å². The van der Waals surface area contributed by atoms with Crippen molar-refractivity contribution in [1.82, 2.24) is 0 Å². The molecule has 0 radical (unpaired) electrons. The largest absolute Gasteiger partial charge is 0.395 e. The van der Waals surface area contributed by atoms with Crippen molar-refractivity contribution in [3.05, 3.63) is 65.7 Å². The number of hydrogen-bond donors (Lipinski definition) is 1. The minimum atomic E-state index is 0.0927. The molecule has 3 aromatic carbocycles. The van der Waals surface area contributed by atoms with Gasteiger partial charge >= 0.3 is 0 Å². The summed E-state index contributed by atoms with van der Waals surface area (Å²) in [6, 6.07) is 17.9. The van der Waals surface area contributed by atoms with E-state index in [0.717, 1.165) is 38.7 Å². The third-order valence-electron chi connectivity index (χ3n) is 4.54. The Hall–Kier alpha value is -2.65. The number of rotatable bonds is 3. The Balaban J connectivity index is 2.07. The summed E-state index contributed by atoms with van der Waals surface area (Å²) >= 11 is 0. The molecule has 1 aliphatic carbocycles. The van der Waals surface area contributed by atoms with Crippen LogP contribution in [0.5, 0.6) is 0 Å². The van der Waals surface area contributed by atoms with Gasteiger partial charge in [0.2, 0.25) is 0 Å². The molecule has 114 valence electrons. The van der Waals surface area contributed by atoms with E-state index in [2.05, 4.69) is 12.1 Å². The van der Waals surface area contributed by atoms with Crippen LogP contribution in [0, 0.1) is 0 Å². The van der Waals surface area contributed by atoms with E-state index in [0.29, 0.717) is 6.54 Å². The summed E-state index contributed by atoms with van der Waals surface area (Å²) in [6.45, 7) is 0.685. The fourth-order valence-electron chi connectivity index (χ4n) is 3.37. The second kappa shape index (κ2) is 5.21. The lowest BCUT2D eigenvalue weighted by Gasteiger charge is -2.24. The summed E-state index contributed by atoms with van der Waals surface area (Å²) in [5.41, 5.74) is 4.65. The number of hydrogen-bond acceptors (Lipinski definition) is 3. The minimum absolute atomic E-state index is 0.0927. The highest BCUT2D eigenvalue weighted by atomic mass is 16.3. The number of likely N-dealkylation sites (N-methyl/N-ethyl adjacent to an activating group) is 1. The topological polar surface area (TPSA) is 40.5 Å². The van der Waals surface area contributed by atoms with Gasteiger partial charge in [0.1, 0.15) is 0 Å². The third-order valence-corrected chi connectivity index (χ3v) is 4.54. The molecule has 0 spiro atoms. The SMILES string of the molecule is CN(CCO)c1cc2c3c(cccc3c1)C(=O)c1ccccc1-2. The fraction of sp³-hybridized carbons (Fsp3) is 0.150. The Morgan fingerprint density at radius 3 is 2.43 bits per heavy atom. The van der Waals surface area contributed by atoms with Crippen LogP contribution in [0.1, 0.15) is 15.9 Å². The first-order valence-corrected chi connectivity index (χ1v) is 7.73. The molecular formula is C20H17NO2. The van der Waals surface area contributed by atoms with Gasteiger partial charge in [-0.25, -0.2) is 0 Å².